The van der Waals surface area contributed by atoms with Gasteiger partial charge in [0.2, 0.25) is 0 Å². The van der Waals surface area contributed by atoms with Gasteiger partial charge in [-0.1, -0.05) is 37.1 Å². The summed E-state index contributed by atoms with van der Waals surface area (Å²) in [5, 5.41) is 0. The van der Waals surface area contributed by atoms with Gasteiger partial charge in [0.05, 0.1) is 0 Å². The molecule has 1 heteroatoms. The number of nitrogens with zero attached hydrogens (tertiary/aromatic N) is 1. The van der Waals surface area contributed by atoms with Crippen LogP contribution in [0.15, 0.2) is 47.2 Å². The first-order chi connectivity index (χ1) is 8.99. The molecule has 0 aliphatic rings. The fraction of sp³-hybridized carbons (Fsp3) is 0.444. The molecule has 0 bridgehead atoms. The fourth-order valence-electron chi connectivity index (χ4n) is 1.97. The molecule has 0 aliphatic heterocycles. The molecule has 1 nitrogen and oxygen atoms in total. The Hall–Kier alpha value is -1.50. The van der Waals surface area contributed by atoms with Crippen LogP contribution < -0.4 is 4.90 Å². The van der Waals surface area contributed by atoms with Crippen LogP contribution in [-0.2, 0) is 6.42 Å². The van der Waals surface area contributed by atoms with Gasteiger partial charge < -0.3 is 4.90 Å². The summed E-state index contributed by atoms with van der Waals surface area (Å²) < 4.78 is 0. The van der Waals surface area contributed by atoms with E-state index in [9.17, 15) is 0 Å². The SMILES string of the molecule is CC/C(C)=C(C)/C=C(/C)N(C)c1ccc(CC)cc1. The van der Waals surface area contributed by atoms with Gasteiger partial charge in [0.15, 0.2) is 0 Å². The molecule has 0 aliphatic carbocycles. The van der Waals surface area contributed by atoms with Crippen molar-refractivity contribution in [3.05, 3.63) is 52.7 Å². The lowest BCUT2D eigenvalue weighted by Crippen LogP contribution is -2.14. The first-order valence-electron chi connectivity index (χ1n) is 7.16. The quantitative estimate of drug-likeness (QED) is 0.644. The average molecular weight is 257 g/mol. The Morgan fingerprint density at radius 3 is 2.11 bits per heavy atom. The van der Waals surface area contributed by atoms with E-state index in [2.05, 4.69) is 76.9 Å². The third kappa shape index (κ3) is 4.27. The van der Waals surface area contributed by atoms with Gasteiger partial charge in [0.25, 0.3) is 0 Å². The molecule has 0 radical (unpaired) electrons. The molecule has 1 rings (SSSR count). The lowest BCUT2D eigenvalue weighted by molar-refractivity contribution is 1.05. The Morgan fingerprint density at radius 1 is 1.05 bits per heavy atom. The van der Waals surface area contributed by atoms with Gasteiger partial charge in [0.1, 0.15) is 0 Å². The lowest BCUT2D eigenvalue weighted by Gasteiger charge is -2.21. The Morgan fingerprint density at radius 2 is 1.63 bits per heavy atom. The number of benzene rings is 1. The van der Waals surface area contributed by atoms with Gasteiger partial charge in [0, 0.05) is 18.4 Å². The van der Waals surface area contributed by atoms with Gasteiger partial charge in [-0.25, -0.2) is 0 Å². The van der Waals surface area contributed by atoms with Crippen LogP contribution in [0.3, 0.4) is 0 Å². The van der Waals surface area contributed by atoms with E-state index in [0.717, 1.165) is 12.8 Å². The topological polar surface area (TPSA) is 3.24 Å². The van der Waals surface area contributed by atoms with Crippen LogP contribution >= 0.6 is 0 Å². The van der Waals surface area contributed by atoms with Crippen molar-refractivity contribution in [3.8, 4) is 0 Å². The second kappa shape index (κ2) is 7.18. The van der Waals surface area contributed by atoms with Gasteiger partial charge >= 0.3 is 0 Å². The van der Waals surface area contributed by atoms with E-state index in [-0.39, 0.29) is 0 Å². The van der Waals surface area contributed by atoms with Gasteiger partial charge in [-0.05, 0) is 57.4 Å². The first-order valence-corrected chi connectivity index (χ1v) is 7.16. The summed E-state index contributed by atoms with van der Waals surface area (Å²) in [6, 6.07) is 8.81. The highest BCUT2D eigenvalue weighted by atomic mass is 15.1. The summed E-state index contributed by atoms with van der Waals surface area (Å²) in [6.07, 6.45) is 4.48. The third-order valence-corrected chi connectivity index (χ3v) is 3.89. The van der Waals surface area contributed by atoms with Crippen LogP contribution in [0.1, 0.15) is 46.6 Å². The molecular weight excluding hydrogens is 230 g/mol. The van der Waals surface area contributed by atoms with Crippen LogP contribution in [0.25, 0.3) is 0 Å². The van der Waals surface area contributed by atoms with E-state index < -0.39 is 0 Å². The largest absolute Gasteiger partial charge is 0.348 e. The fourth-order valence-corrected chi connectivity index (χ4v) is 1.97. The summed E-state index contributed by atoms with van der Waals surface area (Å²) in [7, 11) is 2.13. The minimum absolute atomic E-state index is 1.09. The number of allylic oxidation sites excluding steroid dienone is 4. The summed E-state index contributed by atoms with van der Waals surface area (Å²) in [5.41, 5.74) is 6.73. The van der Waals surface area contributed by atoms with Crippen molar-refractivity contribution in [1.29, 1.82) is 0 Å². The van der Waals surface area contributed by atoms with E-state index in [1.54, 1.807) is 0 Å². The Labute approximate surface area is 118 Å². The van der Waals surface area contributed by atoms with Crippen molar-refractivity contribution in [3.63, 3.8) is 0 Å². The van der Waals surface area contributed by atoms with Crippen molar-refractivity contribution < 1.29 is 0 Å². The minimum atomic E-state index is 1.09. The highest BCUT2D eigenvalue weighted by Gasteiger charge is 2.03. The summed E-state index contributed by atoms with van der Waals surface area (Å²) in [5.74, 6) is 0. The number of anilines is 1. The minimum Gasteiger partial charge on any atom is -0.348 e. The summed E-state index contributed by atoms with van der Waals surface area (Å²) >= 11 is 0. The number of rotatable bonds is 5. The number of hydrogen-bond donors (Lipinski definition) is 0. The molecule has 0 N–H and O–H groups in total. The average Bonchev–Trinajstić information content (AvgIpc) is 2.45. The van der Waals surface area contributed by atoms with Crippen LogP contribution in [0.2, 0.25) is 0 Å². The summed E-state index contributed by atoms with van der Waals surface area (Å²) in [6.45, 7) is 11.0. The Kier molecular flexibility index (Phi) is 5.88. The third-order valence-electron chi connectivity index (χ3n) is 3.89. The van der Waals surface area contributed by atoms with E-state index in [4.69, 9.17) is 0 Å². The molecule has 0 heterocycles. The molecule has 0 unspecified atom stereocenters. The zero-order valence-corrected chi connectivity index (χ0v) is 13.2. The maximum atomic E-state index is 2.27. The smallest absolute Gasteiger partial charge is 0.0405 e. The van der Waals surface area contributed by atoms with Gasteiger partial charge in [-0.3, -0.25) is 0 Å². The van der Waals surface area contributed by atoms with Crippen LogP contribution in [0.5, 0.6) is 0 Å². The van der Waals surface area contributed by atoms with Crippen molar-refractivity contribution >= 4 is 5.69 Å². The number of aryl methyl sites for hydroxylation is 1. The molecule has 104 valence electrons. The molecule has 0 saturated carbocycles. The maximum Gasteiger partial charge on any atom is 0.0405 e. The predicted molar refractivity (Wildman–Crippen MR) is 86.6 cm³/mol. The van der Waals surface area contributed by atoms with Crippen molar-refractivity contribution in [2.24, 2.45) is 0 Å². The Balaban J connectivity index is 2.92. The van der Waals surface area contributed by atoms with Crippen molar-refractivity contribution in [2.45, 2.75) is 47.5 Å². The van der Waals surface area contributed by atoms with Crippen LogP contribution in [0, 0.1) is 0 Å². The molecular formula is C18H27N. The second-order valence-corrected chi connectivity index (χ2v) is 5.18. The maximum absolute atomic E-state index is 2.27. The molecule has 0 amide bonds. The second-order valence-electron chi connectivity index (χ2n) is 5.18. The van der Waals surface area contributed by atoms with E-state index in [1.165, 1.54) is 28.1 Å². The molecule has 1 aromatic rings. The van der Waals surface area contributed by atoms with Gasteiger partial charge in [-0.15, -0.1) is 0 Å². The molecule has 0 saturated heterocycles. The van der Waals surface area contributed by atoms with E-state index in [0.29, 0.717) is 0 Å². The van der Waals surface area contributed by atoms with Crippen LogP contribution in [-0.4, -0.2) is 7.05 Å². The molecule has 0 fully saturated rings. The Bertz CT molecular complexity index is 463. The molecule has 0 spiro atoms. The summed E-state index contributed by atoms with van der Waals surface area (Å²) in [4.78, 5) is 2.24. The highest BCUT2D eigenvalue weighted by molar-refractivity contribution is 5.52. The van der Waals surface area contributed by atoms with E-state index >= 15 is 0 Å². The van der Waals surface area contributed by atoms with Crippen molar-refractivity contribution in [2.75, 3.05) is 11.9 Å². The molecule has 0 aromatic heterocycles. The normalized spacial score (nSPS) is 13.3. The molecule has 0 atom stereocenters. The van der Waals surface area contributed by atoms with Gasteiger partial charge in [-0.2, -0.15) is 0 Å². The number of hydrogen-bond acceptors (Lipinski definition) is 1. The first kappa shape index (κ1) is 15.6. The van der Waals surface area contributed by atoms with E-state index in [1.807, 2.05) is 0 Å². The zero-order chi connectivity index (χ0) is 14.4. The lowest BCUT2D eigenvalue weighted by atomic mass is 10.1. The monoisotopic (exact) mass is 257 g/mol. The highest BCUT2D eigenvalue weighted by Crippen LogP contribution is 2.20. The zero-order valence-electron chi connectivity index (χ0n) is 13.2. The molecule has 19 heavy (non-hydrogen) atoms. The standard InChI is InChI=1S/C18H27N/c1-7-14(3)15(4)13-16(5)19(6)18-11-9-17(8-2)10-12-18/h9-13H,7-8H2,1-6H3/b15-14+,16-13-. The predicted octanol–water partition coefficient (Wildman–Crippen LogP) is 5.34. The molecule has 1 aromatic carbocycles. The van der Waals surface area contributed by atoms with Crippen molar-refractivity contribution in [1.82, 2.24) is 0 Å². The van der Waals surface area contributed by atoms with Crippen LogP contribution in [0.4, 0.5) is 5.69 Å².